The van der Waals surface area contributed by atoms with Crippen LogP contribution >= 0.6 is 11.3 Å². The van der Waals surface area contributed by atoms with E-state index >= 15 is 0 Å². The topological polar surface area (TPSA) is 67.6 Å². The highest BCUT2D eigenvalue weighted by molar-refractivity contribution is 7.09. The summed E-state index contributed by atoms with van der Waals surface area (Å²) in [6, 6.07) is 3.92. The molecule has 2 fully saturated rings. The van der Waals surface area contributed by atoms with Gasteiger partial charge in [-0.1, -0.05) is 6.07 Å². The van der Waals surface area contributed by atoms with Crippen LogP contribution in [-0.2, 0) is 16.1 Å². The third-order valence-electron chi connectivity index (χ3n) is 5.20. The Morgan fingerprint density at radius 1 is 1.42 bits per heavy atom. The van der Waals surface area contributed by atoms with Crippen molar-refractivity contribution in [1.82, 2.24) is 10.2 Å². The second kappa shape index (κ2) is 8.94. The van der Waals surface area contributed by atoms with Gasteiger partial charge in [-0.2, -0.15) is 0 Å². The second-order valence-electron chi connectivity index (χ2n) is 7.04. The molecule has 1 aromatic rings. The van der Waals surface area contributed by atoms with Crippen molar-refractivity contribution in [3.63, 3.8) is 0 Å². The summed E-state index contributed by atoms with van der Waals surface area (Å²) in [6.45, 7) is 5.45. The van der Waals surface area contributed by atoms with Crippen LogP contribution < -0.4 is 11.1 Å². The minimum absolute atomic E-state index is 0.0114. The second-order valence-corrected chi connectivity index (χ2v) is 8.08. The number of ether oxygens (including phenoxy) is 1. The Labute approximate surface area is 148 Å². The molecule has 1 amide bonds. The van der Waals surface area contributed by atoms with E-state index in [-0.39, 0.29) is 17.9 Å². The molecule has 134 valence electrons. The molecule has 24 heavy (non-hydrogen) atoms. The van der Waals surface area contributed by atoms with Crippen LogP contribution in [0.25, 0.3) is 0 Å². The summed E-state index contributed by atoms with van der Waals surface area (Å²) in [5, 5.41) is 5.23. The fourth-order valence-corrected chi connectivity index (χ4v) is 4.48. The molecule has 3 heterocycles. The Morgan fingerprint density at radius 2 is 2.25 bits per heavy atom. The first-order chi connectivity index (χ1) is 11.7. The molecular weight excluding hydrogens is 322 g/mol. The highest BCUT2D eigenvalue weighted by Gasteiger charge is 2.27. The van der Waals surface area contributed by atoms with E-state index in [9.17, 15) is 4.79 Å². The SMILES string of the molecule is NC(C(=O)NCC1CCCN(Cc2cccs2)C1)C1CCOCC1. The lowest BCUT2D eigenvalue weighted by molar-refractivity contribution is -0.124. The van der Waals surface area contributed by atoms with Gasteiger partial charge in [0, 0.05) is 37.7 Å². The van der Waals surface area contributed by atoms with Crippen molar-refractivity contribution in [2.75, 3.05) is 32.8 Å². The molecule has 0 spiro atoms. The molecule has 1 aromatic heterocycles. The smallest absolute Gasteiger partial charge is 0.237 e. The molecule has 2 unspecified atom stereocenters. The number of rotatable bonds is 6. The standard InChI is InChI=1S/C18H29N3O2S/c19-17(15-5-8-23-9-6-15)18(22)20-11-14-3-1-7-21(12-14)13-16-4-2-10-24-16/h2,4,10,14-15,17H,1,3,5-9,11-13,19H2,(H,20,22). The Kier molecular flexibility index (Phi) is 6.66. The fourth-order valence-electron chi connectivity index (χ4n) is 3.74. The first-order valence-electron chi connectivity index (χ1n) is 9.08. The third-order valence-corrected chi connectivity index (χ3v) is 6.07. The Balaban J connectivity index is 1.41. The van der Waals surface area contributed by atoms with Crippen LogP contribution in [0.15, 0.2) is 17.5 Å². The summed E-state index contributed by atoms with van der Waals surface area (Å²) in [6.07, 6.45) is 4.19. The average Bonchev–Trinajstić information content (AvgIpc) is 3.13. The predicted molar refractivity (Wildman–Crippen MR) is 96.8 cm³/mol. The first-order valence-corrected chi connectivity index (χ1v) is 9.96. The number of hydrogen-bond acceptors (Lipinski definition) is 5. The molecule has 2 aliphatic heterocycles. The van der Waals surface area contributed by atoms with Crippen LogP contribution in [0, 0.1) is 11.8 Å². The number of nitrogens with one attached hydrogen (secondary N) is 1. The van der Waals surface area contributed by atoms with E-state index in [1.54, 1.807) is 0 Å². The molecule has 5 nitrogen and oxygen atoms in total. The molecule has 0 aromatic carbocycles. The highest BCUT2D eigenvalue weighted by atomic mass is 32.1. The van der Waals surface area contributed by atoms with E-state index in [1.165, 1.54) is 17.7 Å². The lowest BCUT2D eigenvalue weighted by Crippen LogP contribution is -2.49. The number of nitrogens with zero attached hydrogens (tertiary/aromatic N) is 1. The van der Waals surface area contributed by atoms with Gasteiger partial charge >= 0.3 is 0 Å². The van der Waals surface area contributed by atoms with Crippen LogP contribution in [0.2, 0.25) is 0 Å². The Hall–Kier alpha value is -0.950. The molecule has 0 aliphatic carbocycles. The maximum absolute atomic E-state index is 12.3. The number of nitrogens with two attached hydrogens (primary N) is 1. The van der Waals surface area contributed by atoms with Gasteiger partial charge in [0.25, 0.3) is 0 Å². The van der Waals surface area contributed by atoms with Gasteiger partial charge in [0.1, 0.15) is 0 Å². The van der Waals surface area contributed by atoms with E-state index < -0.39 is 0 Å². The summed E-state index contributed by atoms with van der Waals surface area (Å²) in [4.78, 5) is 16.3. The quantitative estimate of drug-likeness (QED) is 0.820. The maximum Gasteiger partial charge on any atom is 0.237 e. The summed E-state index contributed by atoms with van der Waals surface area (Å²) in [5.74, 6) is 0.808. The van der Waals surface area contributed by atoms with E-state index in [0.717, 1.165) is 52.2 Å². The van der Waals surface area contributed by atoms with Crippen LogP contribution in [0.5, 0.6) is 0 Å². The number of thiophene rings is 1. The zero-order valence-electron chi connectivity index (χ0n) is 14.3. The van der Waals surface area contributed by atoms with Gasteiger partial charge in [0.2, 0.25) is 5.91 Å². The summed E-state index contributed by atoms with van der Waals surface area (Å²) < 4.78 is 5.35. The summed E-state index contributed by atoms with van der Waals surface area (Å²) >= 11 is 1.82. The van der Waals surface area contributed by atoms with Gasteiger partial charge in [-0.05, 0) is 55.5 Å². The van der Waals surface area contributed by atoms with Crippen LogP contribution in [-0.4, -0.2) is 49.7 Å². The van der Waals surface area contributed by atoms with Crippen molar-refractivity contribution in [2.45, 2.75) is 38.3 Å². The molecule has 3 N–H and O–H groups in total. The van der Waals surface area contributed by atoms with Gasteiger partial charge < -0.3 is 15.8 Å². The zero-order chi connectivity index (χ0) is 16.8. The van der Waals surface area contributed by atoms with E-state index in [4.69, 9.17) is 10.5 Å². The minimum Gasteiger partial charge on any atom is -0.381 e. The van der Waals surface area contributed by atoms with Gasteiger partial charge in [-0.25, -0.2) is 0 Å². The largest absolute Gasteiger partial charge is 0.381 e. The van der Waals surface area contributed by atoms with Crippen molar-refractivity contribution in [2.24, 2.45) is 17.6 Å². The van der Waals surface area contributed by atoms with Gasteiger partial charge in [-0.15, -0.1) is 11.3 Å². The average molecular weight is 352 g/mol. The predicted octanol–water partition coefficient (Wildman–Crippen LogP) is 1.83. The third kappa shape index (κ3) is 5.02. The molecule has 2 atom stereocenters. The molecule has 0 radical (unpaired) electrons. The van der Waals surface area contributed by atoms with Crippen molar-refractivity contribution >= 4 is 17.2 Å². The van der Waals surface area contributed by atoms with Crippen molar-refractivity contribution < 1.29 is 9.53 Å². The number of amides is 1. The molecule has 0 saturated carbocycles. The number of carbonyl (C=O) groups excluding carboxylic acids is 1. The lowest BCUT2D eigenvalue weighted by Gasteiger charge is -2.33. The minimum atomic E-state index is -0.389. The van der Waals surface area contributed by atoms with E-state index in [0.29, 0.717) is 5.92 Å². The summed E-state index contributed by atoms with van der Waals surface area (Å²) in [5.41, 5.74) is 6.15. The van der Waals surface area contributed by atoms with Gasteiger partial charge in [0.15, 0.2) is 0 Å². The lowest BCUT2D eigenvalue weighted by atomic mass is 9.91. The molecular formula is C18H29N3O2S. The highest BCUT2D eigenvalue weighted by Crippen LogP contribution is 2.21. The normalized spacial score (nSPS) is 24.6. The summed E-state index contributed by atoms with van der Waals surface area (Å²) in [7, 11) is 0. The molecule has 0 bridgehead atoms. The van der Waals surface area contributed by atoms with Crippen molar-refractivity contribution in [1.29, 1.82) is 0 Å². The molecule has 3 rings (SSSR count). The van der Waals surface area contributed by atoms with Crippen LogP contribution in [0.3, 0.4) is 0 Å². The first kappa shape index (κ1) is 17.9. The van der Waals surface area contributed by atoms with E-state index in [1.807, 2.05) is 11.3 Å². The monoisotopic (exact) mass is 351 g/mol. The van der Waals surface area contributed by atoms with Crippen molar-refractivity contribution in [3.8, 4) is 0 Å². The zero-order valence-corrected chi connectivity index (χ0v) is 15.1. The molecule has 6 heteroatoms. The van der Waals surface area contributed by atoms with Crippen LogP contribution in [0.4, 0.5) is 0 Å². The number of hydrogen-bond donors (Lipinski definition) is 2. The number of likely N-dealkylation sites (tertiary alicyclic amines) is 1. The fraction of sp³-hybridized carbons (Fsp3) is 0.722. The Bertz CT molecular complexity index is 502. The number of piperidine rings is 1. The van der Waals surface area contributed by atoms with Crippen molar-refractivity contribution in [3.05, 3.63) is 22.4 Å². The molecule has 2 saturated heterocycles. The Morgan fingerprint density at radius 3 is 3.00 bits per heavy atom. The van der Waals surface area contributed by atoms with E-state index in [2.05, 4.69) is 27.7 Å². The van der Waals surface area contributed by atoms with Gasteiger partial charge in [0.05, 0.1) is 6.04 Å². The number of carbonyl (C=O) groups is 1. The maximum atomic E-state index is 12.3. The molecule has 2 aliphatic rings. The van der Waals surface area contributed by atoms with Crippen LogP contribution in [0.1, 0.15) is 30.6 Å². The van der Waals surface area contributed by atoms with Gasteiger partial charge in [-0.3, -0.25) is 9.69 Å².